The minimum Gasteiger partial charge on any atom is -0.507 e. The van der Waals surface area contributed by atoms with Gasteiger partial charge in [-0.2, -0.15) is 0 Å². The number of aromatic hydroxyl groups is 1. The van der Waals surface area contributed by atoms with Crippen molar-refractivity contribution in [2.75, 3.05) is 0 Å². The highest BCUT2D eigenvalue weighted by molar-refractivity contribution is 5.70. The SMILES string of the molecule is C.Cc1ccc(O)c(-c2ccccc2)c1. The third-order valence-electron chi connectivity index (χ3n) is 2.24. The minimum atomic E-state index is 0. The Morgan fingerprint density at radius 1 is 0.933 bits per heavy atom. The second kappa shape index (κ2) is 4.65. The normalized spacial score (nSPS) is 9.40. The number of hydrogen-bond acceptors (Lipinski definition) is 1. The van der Waals surface area contributed by atoms with E-state index in [1.165, 1.54) is 0 Å². The summed E-state index contributed by atoms with van der Waals surface area (Å²) in [6.07, 6.45) is 0. The molecule has 2 aromatic carbocycles. The quantitative estimate of drug-likeness (QED) is 0.737. The number of phenols is 1. The van der Waals surface area contributed by atoms with E-state index in [9.17, 15) is 5.11 Å². The molecule has 0 radical (unpaired) electrons. The molecule has 2 rings (SSSR count). The molecule has 0 bridgehead atoms. The lowest BCUT2D eigenvalue weighted by Gasteiger charge is -2.05. The zero-order chi connectivity index (χ0) is 9.97. The van der Waals surface area contributed by atoms with Crippen molar-refractivity contribution in [3.05, 3.63) is 54.1 Å². The van der Waals surface area contributed by atoms with Crippen molar-refractivity contribution in [2.45, 2.75) is 14.4 Å². The van der Waals surface area contributed by atoms with E-state index < -0.39 is 0 Å². The van der Waals surface area contributed by atoms with Crippen molar-refractivity contribution in [1.29, 1.82) is 0 Å². The number of hydrogen-bond donors (Lipinski definition) is 1. The molecule has 0 amide bonds. The molecule has 0 heterocycles. The highest BCUT2D eigenvalue weighted by Gasteiger charge is 2.02. The van der Waals surface area contributed by atoms with E-state index in [1.54, 1.807) is 6.07 Å². The van der Waals surface area contributed by atoms with Crippen LogP contribution in [0.15, 0.2) is 48.5 Å². The Kier molecular flexibility index (Phi) is 3.51. The van der Waals surface area contributed by atoms with Crippen LogP contribution in [0.25, 0.3) is 11.1 Å². The van der Waals surface area contributed by atoms with E-state index >= 15 is 0 Å². The van der Waals surface area contributed by atoms with Crippen molar-refractivity contribution in [1.82, 2.24) is 0 Å². The molecule has 78 valence electrons. The Morgan fingerprint density at radius 3 is 2.27 bits per heavy atom. The van der Waals surface area contributed by atoms with E-state index in [-0.39, 0.29) is 7.43 Å². The van der Waals surface area contributed by atoms with Crippen molar-refractivity contribution in [3.8, 4) is 16.9 Å². The summed E-state index contributed by atoms with van der Waals surface area (Å²) in [7, 11) is 0. The van der Waals surface area contributed by atoms with Crippen LogP contribution < -0.4 is 0 Å². The molecule has 2 aromatic rings. The van der Waals surface area contributed by atoms with Gasteiger partial charge in [0.2, 0.25) is 0 Å². The molecule has 1 nitrogen and oxygen atoms in total. The van der Waals surface area contributed by atoms with Crippen LogP contribution in [0.1, 0.15) is 13.0 Å². The van der Waals surface area contributed by atoms with Gasteiger partial charge in [-0.3, -0.25) is 0 Å². The fourth-order valence-corrected chi connectivity index (χ4v) is 1.50. The Bertz CT molecular complexity index is 432. The van der Waals surface area contributed by atoms with E-state index in [0.29, 0.717) is 5.75 Å². The van der Waals surface area contributed by atoms with Gasteiger partial charge in [-0.15, -0.1) is 0 Å². The van der Waals surface area contributed by atoms with Crippen molar-refractivity contribution in [3.63, 3.8) is 0 Å². The predicted molar refractivity (Wildman–Crippen MR) is 65.0 cm³/mol. The molecule has 0 atom stereocenters. The summed E-state index contributed by atoms with van der Waals surface area (Å²) >= 11 is 0. The highest BCUT2D eigenvalue weighted by atomic mass is 16.3. The van der Waals surface area contributed by atoms with Crippen molar-refractivity contribution in [2.24, 2.45) is 0 Å². The van der Waals surface area contributed by atoms with Crippen LogP contribution in [0.3, 0.4) is 0 Å². The van der Waals surface area contributed by atoms with Crippen LogP contribution in [0.4, 0.5) is 0 Å². The van der Waals surface area contributed by atoms with Crippen LogP contribution in [-0.2, 0) is 0 Å². The predicted octanol–water partition coefficient (Wildman–Crippen LogP) is 4.00. The Labute approximate surface area is 91.0 Å². The summed E-state index contributed by atoms with van der Waals surface area (Å²) in [5.41, 5.74) is 3.10. The van der Waals surface area contributed by atoms with Crippen molar-refractivity contribution < 1.29 is 5.11 Å². The zero-order valence-corrected chi connectivity index (χ0v) is 8.07. The third kappa shape index (κ3) is 2.38. The van der Waals surface area contributed by atoms with Crippen molar-refractivity contribution >= 4 is 0 Å². The van der Waals surface area contributed by atoms with Gasteiger partial charge in [-0.1, -0.05) is 49.4 Å². The maximum atomic E-state index is 9.69. The lowest BCUT2D eigenvalue weighted by Crippen LogP contribution is -1.80. The maximum absolute atomic E-state index is 9.69. The number of aryl methyl sites for hydroxylation is 1. The standard InChI is InChI=1S/C13H12O.CH4/c1-10-7-8-13(14)12(9-10)11-5-3-2-4-6-11;/h2-9,14H,1H3;1H4. The first kappa shape index (κ1) is 11.3. The van der Waals surface area contributed by atoms with Gasteiger partial charge in [-0.05, 0) is 24.6 Å². The molecule has 0 fully saturated rings. The Morgan fingerprint density at radius 2 is 1.60 bits per heavy atom. The molecule has 0 aliphatic heterocycles. The average Bonchev–Trinajstić information content (AvgIpc) is 2.23. The molecule has 1 N–H and O–H groups in total. The summed E-state index contributed by atoms with van der Waals surface area (Å²) in [6, 6.07) is 15.5. The van der Waals surface area contributed by atoms with Crippen LogP contribution >= 0.6 is 0 Å². The molecule has 0 saturated heterocycles. The third-order valence-corrected chi connectivity index (χ3v) is 2.24. The van der Waals surface area contributed by atoms with Gasteiger partial charge in [-0.25, -0.2) is 0 Å². The monoisotopic (exact) mass is 200 g/mol. The molecule has 0 unspecified atom stereocenters. The van der Waals surface area contributed by atoms with Gasteiger partial charge >= 0.3 is 0 Å². The molecule has 15 heavy (non-hydrogen) atoms. The Balaban J connectivity index is 0.00000112. The van der Waals surface area contributed by atoms with Crippen LogP contribution in [0.5, 0.6) is 5.75 Å². The maximum Gasteiger partial charge on any atom is 0.123 e. The number of phenolic OH excluding ortho intramolecular Hbond substituents is 1. The first-order chi connectivity index (χ1) is 6.77. The molecule has 1 heteroatoms. The summed E-state index contributed by atoms with van der Waals surface area (Å²) in [5.74, 6) is 0.335. The summed E-state index contributed by atoms with van der Waals surface area (Å²) in [5, 5.41) is 9.69. The second-order valence-electron chi connectivity index (χ2n) is 3.39. The van der Waals surface area contributed by atoms with Gasteiger partial charge in [0.1, 0.15) is 5.75 Å². The van der Waals surface area contributed by atoms with Crippen LogP contribution in [0.2, 0.25) is 0 Å². The number of rotatable bonds is 1. The Hall–Kier alpha value is -1.76. The smallest absolute Gasteiger partial charge is 0.123 e. The second-order valence-corrected chi connectivity index (χ2v) is 3.39. The van der Waals surface area contributed by atoms with Gasteiger partial charge in [0.15, 0.2) is 0 Å². The topological polar surface area (TPSA) is 20.2 Å². The highest BCUT2D eigenvalue weighted by Crippen LogP contribution is 2.29. The lowest BCUT2D eigenvalue weighted by molar-refractivity contribution is 0.477. The molecule has 0 spiro atoms. The van der Waals surface area contributed by atoms with Crippen LogP contribution in [-0.4, -0.2) is 5.11 Å². The summed E-state index contributed by atoms with van der Waals surface area (Å²) in [4.78, 5) is 0. The molecule has 0 aliphatic carbocycles. The van der Waals surface area contributed by atoms with Gasteiger partial charge in [0, 0.05) is 5.56 Å². The minimum absolute atomic E-state index is 0. The fourth-order valence-electron chi connectivity index (χ4n) is 1.50. The summed E-state index contributed by atoms with van der Waals surface area (Å²) in [6.45, 7) is 2.02. The molecule has 0 aromatic heterocycles. The first-order valence-corrected chi connectivity index (χ1v) is 4.62. The lowest BCUT2D eigenvalue weighted by atomic mass is 10.0. The molecular formula is C14H16O. The molecule has 0 aliphatic rings. The van der Waals surface area contributed by atoms with Gasteiger partial charge in [0.25, 0.3) is 0 Å². The van der Waals surface area contributed by atoms with Gasteiger partial charge in [0.05, 0.1) is 0 Å². The molecule has 0 saturated carbocycles. The number of benzene rings is 2. The zero-order valence-electron chi connectivity index (χ0n) is 8.07. The van der Waals surface area contributed by atoms with Gasteiger partial charge < -0.3 is 5.11 Å². The molecular weight excluding hydrogens is 184 g/mol. The summed E-state index contributed by atoms with van der Waals surface area (Å²) < 4.78 is 0. The average molecular weight is 200 g/mol. The van der Waals surface area contributed by atoms with Crippen LogP contribution in [0, 0.1) is 6.92 Å². The largest absolute Gasteiger partial charge is 0.507 e. The van der Waals surface area contributed by atoms with E-state index in [2.05, 4.69) is 0 Å². The first-order valence-electron chi connectivity index (χ1n) is 4.62. The van der Waals surface area contributed by atoms with E-state index in [1.807, 2.05) is 49.4 Å². The van der Waals surface area contributed by atoms with E-state index in [0.717, 1.165) is 16.7 Å². The fraction of sp³-hybridized carbons (Fsp3) is 0.143. The van der Waals surface area contributed by atoms with E-state index in [4.69, 9.17) is 0 Å².